The zero-order chi connectivity index (χ0) is 14.7. The molecular weight excluding hydrogens is 262 g/mol. The number of hydrogen-bond acceptors (Lipinski definition) is 2. The molecule has 104 valence electrons. The van der Waals surface area contributed by atoms with Crippen LogP contribution in [0.2, 0.25) is 0 Å². The van der Waals surface area contributed by atoms with Gasteiger partial charge in [-0.1, -0.05) is 12.1 Å². The van der Waals surface area contributed by atoms with Crippen molar-refractivity contribution >= 4 is 11.6 Å². The molecule has 1 unspecified atom stereocenters. The fourth-order valence-electron chi connectivity index (χ4n) is 1.78. The second-order valence-electron chi connectivity index (χ2n) is 4.48. The van der Waals surface area contributed by atoms with Crippen molar-refractivity contribution in [2.24, 2.45) is 0 Å². The first-order chi connectivity index (χ1) is 9.47. The summed E-state index contributed by atoms with van der Waals surface area (Å²) in [7, 11) is 0. The van der Waals surface area contributed by atoms with E-state index in [0.29, 0.717) is 0 Å². The molecule has 0 aromatic heterocycles. The first kappa shape index (κ1) is 14.0. The maximum atomic E-state index is 13.3. The van der Waals surface area contributed by atoms with Gasteiger partial charge in [-0.2, -0.15) is 0 Å². The number of rotatable bonds is 3. The van der Waals surface area contributed by atoms with E-state index in [0.717, 1.165) is 11.6 Å². The van der Waals surface area contributed by atoms with Gasteiger partial charge in [-0.25, -0.2) is 8.78 Å². The number of nitrogen functional groups attached to an aromatic ring is 1. The summed E-state index contributed by atoms with van der Waals surface area (Å²) in [5.41, 5.74) is 6.29. The third-order valence-electron chi connectivity index (χ3n) is 2.98. The molecule has 5 heteroatoms. The Morgan fingerprint density at radius 2 is 1.80 bits per heavy atom. The lowest BCUT2D eigenvalue weighted by Crippen LogP contribution is -2.26. The average Bonchev–Trinajstić information content (AvgIpc) is 2.42. The van der Waals surface area contributed by atoms with Gasteiger partial charge < -0.3 is 11.1 Å². The molecule has 0 saturated carbocycles. The molecule has 2 aromatic carbocycles. The highest BCUT2D eigenvalue weighted by atomic mass is 19.1. The van der Waals surface area contributed by atoms with Crippen LogP contribution in [0.15, 0.2) is 42.5 Å². The molecule has 0 spiro atoms. The predicted molar refractivity (Wildman–Crippen MR) is 73.1 cm³/mol. The van der Waals surface area contributed by atoms with Gasteiger partial charge >= 0.3 is 0 Å². The van der Waals surface area contributed by atoms with E-state index in [9.17, 15) is 13.6 Å². The van der Waals surface area contributed by atoms with Crippen LogP contribution in [0, 0.1) is 11.6 Å². The Morgan fingerprint density at radius 3 is 2.40 bits per heavy atom. The fraction of sp³-hybridized carbons (Fsp3) is 0.133. The third-order valence-corrected chi connectivity index (χ3v) is 2.98. The Morgan fingerprint density at radius 1 is 1.15 bits per heavy atom. The second-order valence-corrected chi connectivity index (χ2v) is 4.48. The number of amides is 1. The Bertz CT molecular complexity index is 626. The number of carbonyl (C=O) groups excluding carboxylic acids is 1. The van der Waals surface area contributed by atoms with Crippen molar-refractivity contribution in [2.75, 3.05) is 5.73 Å². The molecule has 0 aliphatic rings. The minimum atomic E-state index is -0.632. The van der Waals surface area contributed by atoms with Crippen LogP contribution in [-0.4, -0.2) is 5.91 Å². The Labute approximate surface area is 115 Å². The summed E-state index contributed by atoms with van der Waals surface area (Å²) in [5.74, 6) is -1.39. The number of hydrogen-bond donors (Lipinski definition) is 2. The molecule has 20 heavy (non-hydrogen) atoms. The van der Waals surface area contributed by atoms with Crippen LogP contribution in [0.25, 0.3) is 0 Å². The quantitative estimate of drug-likeness (QED) is 0.847. The highest BCUT2D eigenvalue weighted by molar-refractivity contribution is 5.94. The Hall–Kier alpha value is -2.43. The van der Waals surface area contributed by atoms with Gasteiger partial charge in [0.05, 0.1) is 11.7 Å². The number of nitrogens with two attached hydrogens (primary N) is 1. The maximum Gasteiger partial charge on any atom is 0.251 e. The minimum Gasteiger partial charge on any atom is -0.396 e. The molecule has 0 fully saturated rings. The largest absolute Gasteiger partial charge is 0.396 e. The van der Waals surface area contributed by atoms with Crippen molar-refractivity contribution < 1.29 is 13.6 Å². The predicted octanol–water partition coefficient (Wildman–Crippen LogP) is 3.04. The lowest BCUT2D eigenvalue weighted by molar-refractivity contribution is 0.0939. The summed E-state index contributed by atoms with van der Waals surface area (Å²) in [6.07, 6.45) is 0. The van der Waals surface area contributed by atoms with Gasteiger partial charge in [0.2, 0.25) is 0 Å². The van der Waals surface area contributed by atoms with Crippen LogP contribution in [0.5, 0.6) is 0 Å². The van der Waals surface area contributed by atoms with E-state index in [1.807, 2.05) is 0 Å². The van der Waals surface area contributed by atoms with Crippen molar-refractivity contribution in [3.8, 4) is 0 Å². The first-order valence-corrected chi connectivity index (χ1v) is 6.08. The standard InChI is InChI=1S/C15H14F2N2O/c1-9(10-2-5-12(16)6-3-10)19-15(20)11-4-7-14(18)13(17)8-11/h2-9H,18H2,1H3,(H,19,20). The smallest absolute Gasteiger partial charge is 0.251 e. The number of carbonyl (C=O) groups is 1. The van der Waals surface area contributed by atoms with Gasteiger partial charge in [-0.15, -0.1) is 0 Å². The van der Waals surface area contributed by atoms with Gasteiger partial charge in [-0.05, 0) is 42.8 Å². The molecule has 0 saturated heterocycles. The zero-order valence-electron chi connectivity index (χ0n) is 10.9. The van der Waals surface area contributed by atoms with E-state index < -0.39 is 11.7 Å². The lowest BCUT2D eigenvalue weighted by atomic mass is 10.1. The van der Waals surface area contributed by atoms with E-state index in [-0.39, 0.29) is 23.1 Å². The minimum absolute atomic E-state index is 0.00636. The van der Waals surface area contributed by atoms with Gasteiger partial charge in [0.15, 0.2) is 0 Å². The SMILES string of the molecule is CC(NC(=O)c1ccc(N)c(F)c1)c1ccc(F)cc1. The summed E-state index contributed by atoms with van der Waals surface area (Å²) in [6, 6.07) is 9.37. The normalized spacial score (nSPS) is 11.9. The summed E-state index contributed by atoms with van der Waals surface area (Å²) < 4.78 is 26.1. The average molecular weight is 276 g/mol. The first-order valence-electron chi connectivity index (χ1n) is 6.08. The van der Waals surface area contributed by atoms with E-state index in [4.69, 9.17) is 5.73 Å². The summed E-state index contributed by atoms with van der Waals surface area (Å²) in [6.45, 7) is 1.76. The molecule has 0 aliphatic heterocycles. The molecule has 2 aromatic rings. The number of nitrogens with one attached hydrogen (secondary N) is 1. The lowest BCUT2D eigenvalue weighted by Gasteiger charge is -2.14. The van der Waals surface area contributed by atoms with Crippen LogP contribution in [0.3, 0.4) is 0 Å². The molecule has 0 heterocycles. The molecule has 3 N–H and O–H groups in total. The van der Waals surface area contributed by atoms with E-state index in [1.165, 1.54) is 24.3 Å². The van der Waals surface area contributed by atoms with Crippen molar-refractivity contribution in [1.29, 1.82) is 0 Å². The molecule has 3 nitrogen and oxygen atoms in total. The van der Waals surface area contributed by atoms with E-state index >= 15 is 0 Å². The topological polar surface area (TPSA) is 55.1 Å². The monoisotopic (exact) mass is 276 g/mol. The van der Waals surface area contributed by atoms with Gasteiger partial charge in [0, 0.05) is 5.56 Å². The van der Waals surface area contributed by atoms with Crippen LogP contribution >= 0.6 is 0 Å². The number of halogens is 2. The molecule has 0 bridgehead atoms. The Balaban J connectivity index is 2.10. The van der Waals surface area contributed by atoms with Crippen molar-refractivity contribution in [3.05, 3.63) is 65.2 Å². The maximum absolute atomic E-state index is 13.3. The number of anilines is 1. The summed E-state index contributed by atoms with van der Waals surface area (Å²) >= 11 is 0. The van der Waals surface area contributed by atoms with Crippen molar-refractivity contribution in [3.63, 3.8) is 0 Å². The molecular formula is C15H14F2N2O. The second kappa shape index (κ2) is 5.69. The fourth-order valence-corrected chi connectivity index (χ4v) is 1.78. The highest BCUT2D eigenvalue weighted by Gasteiger charge is 2.12. The van der Waals surface area contributed by atoms with Crippen LogP contribution in [-0.2, 0) is 0 Å². The summed E-state index contributed by atoms with van der Waals surface area (Å²) in [4.78, 5) is 12.0. The third kappa shape index (κ3) is 3.12. The van der Waals surface area contributed by atoms with Crippen molar-refractivity contribution in [1.82, 2.24) is 5.32 Å². The van der Waals surface area contributed by atoms with Crippen LogP contribution < -0.4 is 11.1 Å². The van der Waals surface area contributed by atoms with E-state index in [1.54, 1.807) is 19.1 Å². The molecule has 0 radical (unpaired) electrons. The Kier molecular flexibility index (Phi) is 3.98. The summed E-state index contributed by atoms with van der Waals surface area (Å²) in [5, 5.41) is 2.71. The molecule has 2 rings (SSSR count). The van der Waals surface area contributed by atoms with Gasteiger partial charge in [0.25, 0.3) is 5.91 Å². The van der Waals surface area contributed by atoms with Crippen LogP contribution in [0.1, 0.15) is 28.9 Å². The van der Waals surface area contributed by atoms with Crippen LogP contribution in [0.4, 0.5) is 14.5 Å². The van der Waals surface area contributed by atoms with Gasteiger partial charge in [-0.3, -0.25) is 4.79 Å². The van der Waals surface area contributed by atoms with Crippen molar-refractivity contribution in [2.45, 2.75) is 13.0 Å². The molecule has 1 atom stereocenters. The number of benzene rings is 2. The highest BCUT2D eigenvalue weighted by Crippen LogP contribution is 2.16. The van der Waals surface area contributed by atoms with Gasteiger partial charge in [0.1, 0.15) is 11.6 Å². The van der Waals surface area contributed by atoms with E-state index in [2.05, 4.69) is 5.32 Å². The molecule has 0 aliphatic carbocycles. The zero-order valence-corrected chi connectivity index (χ0v) is 10.9. The molecule has 1 amide bonds.